The highest BCUT2D eigenvalue weighted by atomic mass is 79.9. The Kier molecular flexibility index (Phi) is 6.16. The predicted octanol–water partition coefficient (Wildman–Crippen LogP) is 4.49. The zero-order valence-electron chi connectivity index (χ0n) is 15.1. The Balaban J connectivity index is 1.65. The average Bonchev–Trinajstić information content (AvgIpc) is 2.68. The van der Waals surface area contributed by atoms with Gasteiger partial charge in [-0.1, -0.05) is 40.2 Å². The van der Waals surface area contributed by atoms with Gasteiger partial charge < -0.3 is 5.32 Å². The molecule has 3 aromatic rings. The van der Waals surface area contributed by atoms with Crippen LogP contribution < -0.4 is 10.0 Å². The number of anilines is 1. The molecule has 0 bridgehead atoms. The molecule has 3 aromatic carbocycles. The number of rotatable bonds is 6. The Morgan fingerprint density at radius 3 is 2.21 bits per heavy atom. The first-order valence-electron chi connectivity index (χ1n) is 8.56. The molecular formula is C21H19BrN2O3S. The van der Waals surface area contributed by atoms with E-state index in [1.54, 1.807) is 36.4 Å². The van der Waals surface area contributed by atoms with E-state index in [9.17, 15) is 13.2 Å². The van der Waals surface area contributed by atoms with Crippen LogP contribution in [0.15, 0.2) is 82.2 Å². The Bertz CT molecular complexity index is 1080. The number of sulfonamides is 1. The zero-order valence-corrected chi connectivity index (χ0v) is 17.5. The monoisotopic (exact) mass is 458 g/mol. The van der Waals surface area contributed by atoms with Crippen LogP contribution in [0, 0.1) is 6.92 Å². The van der Waals surface area contributed by atoms with E-state index in [2.05, 4.69) is 26.0 Å². The second kappa shape index (κ2) is 8.58. The summed E-state index contributed by atoms with van der Waals surface area (Å²) in [5.41, 5.74) is 3.01. The first-order chi connectivity index (χ1) is 13.3. The van der Waals surface area contributed by atoms with E-state index in [-0.39, 0.29) is 10.8 Å². The van der Waals surface area contributed by atoms with Crippen molar-refractivity contribution in [1.29, 1.82) is 0 Å². The van der Waals surface area contributed by atoms with Gasteiger partial charge in [0.1, 0.15) is 0 Å². The minimum atomic E-state index is -3.69. The van der Waals surface area contributed by atoms with Gasteiger partial charge in [-0.2, -0.15) is 0 Å². The largest absolute Gasteiger partial charge is 0.348 e. The van der Waals surface area contributed by atoms with Crippen molar-refractivity contribution in [3.63, 3.8) is 0 Å². The molecule has 1 amide bonds. The van der Waals surface area contributed by atoms with E-state index in [4.69, 9.17) is 0 Å². The van der Waals surface area contributed by atoms with Crippen molar-refractivity contribution < 1.29 is 13.2 Å². The molecule has 0 aliphatic heterocycles. The summed E-state index contributed by atoms with van der Waals surface area (Å²) in [5, 5.41) is 2.87. The van der Waals surface area contributed by atoms with Crippen LogP contribution in [-0.4, -0.2) is 14.3 Å². The minimum Gasteiger partial charge on any atom is -0.348 e. The summed E-state index contributed by atoms with van der Waals surface area (Å²) in [5.74, 6) is -0.217. The maximum absolute atomic E-state index is 12.4. The number of aryl methyl sites for hydroxylation is 1. The van der Waals surface area contributed by atoms with Gasteiger partial charge in [0.15, 0.2) is 0 Å². The van der Waals surface area contributed by atoms with Gasteiger partial charge in [0, 0.05) is 22.3 Å². The van der Waals surface area contributed by atoms with Crippen molar-refractivity contribution in [2.24, 2.45) is 0 Å². The minimum absolute atomic E-state index is 0.163. The highest BCUT2D eigenvalue weighted by Crippen LogP contribution is 2.19. The standard InChI is InChI=1S/C21H19BrN2O3S/c1-15-4-2-3-5-17(15)14-23-21(25)16-6-10-19(11-7-16)24-28(26,27)20-12-8-18(22)9-13-20/h2-13,24H,14H2,1H3,(H,23,25). The molecule has 7 heteroatoms. The second-order valence-corrected chi connectivity index (χ2v) is 8.84. The maximum Gasteiger partial charge on any atom is 0.261 e. The van der Waals surface area contributed by atoms with Crippen molar-refractivity contribution in [2.45, 2.75) is 18.4 Å². The molecule has 3 rings (SSSR count). The van der Waals surface area contributed by atoms with Gasteiger partial charge in [-0.15, -0.1) is 0 Å². The Labute approximate surface area is 173 Å². The Morgan fingerprint density at radius 2 is 1.57 bits per heavy atom. The normalized spacial score (nSPS) is 11.1. The van der Waals surface area contributed by atoms with Crippen molar-refractivity contribution in [2.75, 3.05) is 4.72 Å². The molecular weight excluding hydrogens is 440 g/mol. The maximum atomic E-state index is 12.4. The predicted molar refractivity (Wildman–Crippen MR) is 114 cm³/mol. The number of hydrogen-bond donors (Lipinski definition) is 2. The fourth-order valence-electron chi connectivity index (χ4n) is 2.60. The molecule has 0 spiro atoms. The molecule has 0 aromatic heterocycles. The number of carbonyl (C=O) groups excluding carboxylic acids is 1. The lowest BCUT2D eigenvalue weighted by Gasteiger charge is -2.10. The third kappa shape index (κ3) is 4.99. The Morgan fingerprint density at radius 1 is 0.929 bits per heavy atom. The number of halogens is 1. The summed E-state index contributed by atoms with van der Waals surface area (Å²) in [6, 6.07) is 20.5. The molecule has 0 radical (unpaired) electrons. The van der Waals surface area contributed by atoms with E-state index >= 15 is 0 Å². The third-order valence-electron chi connectivity index (χ3n) is 4.22. The van der Waals surface area contributed by atoms with Crippen LogP contribution >= 0.6 is 15.9 Å². The molecule has 0 saturated carbocycles. The van der Waals surface area contributed by atoms with Crippen molar-refractivity contribution >= 4 is 37.5 Å². The van der Waals surface area contributed by atoms with E-state index in [0.717, 1.165) is 15.6 Å². The van der Waals surface area contributed by atoms with Crippen LogP contribution in [0.4, 0.5) is 5.69 Å². The number of benzene rings is 3. The summed E-state index contributed by atoms with van der Waals surface area (Å²) in [6.45, 7) is 2.43. The van der Waals surface area contributed by atoms with Gasteiger partial charge in [0.2, 0.25) is 0 Å². The second-order valence-electron chi connectivity index (χ2n) is 6.25. The van der Waals surface area contributed by atoms with Crippen molar-refractivity contribution in [3.8, 4) is 0 Å². The van der Waals surface area contributed by atoms with Crippen LogP contribution in [0.1, 0.15) is 21.5 Å². The summed E-state index contributed by atoms with van der Waals surface area (Å²) in [7, 11) is -3.69. The highest BCUT2D eigenvalue weighted by Gasteiger charge is 2.14. The third-order valence-corrected chi connectivity index (χ3v) is 6.15. The van der Waals surface area contributed by atoms with Crippen LogP contribution in [0.3, 0.4) is 0 Å². The van der Waals surface area contributed by atoms with Gasteiger partial charge in [-0.3, -0.25) is 9.52 Å². The van der Waals surface area contributed by atoms with E-state index in [1.165, 1.54) is 12.1 Å². The fourth-order valence-corrected chi connectivity index (χ4v) is 3.93. The van der Waals surface area contributed by atoms with Gasteiger partial charge in [0.25, 0.3) is 15.9 Å². The van der Waals surface area contributed by atoms with Crippen LogP contribution in [0.5, 0.6) is 0 Å². The van der Waals surface area contributed by atoms with Gasteiger partial charge in [-0.25, -0.2) is 8.42 Å². The van der Waals surface area contributed by atoms with Gasteiger partial charge in [0.05, 0.1) is 4.90 Å². The van der Waals surface area contributed by atoms with E-state index < -0.39 is 10.0 Å². The number of amides is 1. The van der Waals surface area contributed by atoms with Crippen molar-refractivity contribution in [1.82, 2.24) is 5.32 Å². The molecule has 0 fully saturated rings. The smallest absolute Gasteiger partial charge is 0.261 e. The molecule has 28 heavy (non-hydrogen) atoms. The molecule has 0 heterocycles. The quantitative estimate of drug-likeness (QED) is 0.571. The van der Waals surface area contributed by atoms with Crippen LogP contribution in [-0.2, 0) is 16.6 Å². The number of hydrogen-bond acceptors (Lipinski definition) is 3. The summed E-state index contributed by atoms with van der Waals surface area (Å²) >= 11 is 3.28. The SMILES string of the molecule is Cc1ccccc1CNC(=O)c1ccc(NS(=O)(=O)c2ccc(Br)cc2)cc1. The number of nitrogens with one attached hydrogen (secondary N) is 2. The summed E-state index contributed by atoms with van der Waals surface area (Å²) < 4.78 is 28.1. The summed E-state index contributed by atoms with van der Waals surface area (Å²) in [4.78, 5) is 12.5. The first kappa shape index (κ1) is 20.1. The lowest BCUT2D eigenvalue weighted by Crippen LogP contribution is -2.23. The molecule has 0 aliphatic carbocycles. The van der Waals surface area contributed by atoms with Gasteiger partial charge >= 0.3 is 0 Å². The molecule has 0 saturated heterocycles. The molecule has 144 valence electrons. The van der Waals surface area contributed by atoms with E-state index in [0.29, 0.717) is 17.8 Å². The fraction of sp³-hybridized carbons (Fsp3) is 0.0952. The van der Waals surface area contributed by atoms with Gasteiger partial charge in [-0.05, 0) is 66.6 Å². The molecule has 5 nitrogen and oxygen atoms in total. The molecule has 0 atom stereocenters. The Hall–Kier alpha value is -2.64. The highest BCUT2D eigenvalue weighted by molar-refractivity contribution is 9.10. The first-order valence-corrected chi connectivity index (χ1v) is 10.8. The summed E-state index contributed by atoms with van der Waals surface area (Å²) in [6.07, 6.45) is 0. The van der Waals surface area contributed by atoms with Crippen molar-refractivity contribution in [3.05, 3.63) is 94.0 Å². The molecule has 0 unspecified atom stereocenters. The molecule has 0 aliphatic rings. The number of carbonyl (C=O) groups is 1. The van der Waals surface area contributed by atoms with Crippen LogP contribution in [0.2, 0.25) is 0 Å². The average molecular weight is 459 g/mol. The topological polar surface area (TPSA) is 75.3 Å². The zero-order chi connectivity index (χ0) is 20.1. The van der Waals surface area contributed by atoms with E-state index in [1.807, 2.05) is 31.2 Å². The lowest BCUT2D eigenvalue weighted by molar-refractivity contribution is 0.0951. The molecule has 2 N–H and O–H groups in total. The lowest BCUT2D eigenvalue weighted by atomic mass is 10.1. The van der Waals surface area contributed by atoms with Crippen LogP contribution in [0.25, 0.3) is 0 Å².